The number of amides is 1. The molecule has 1 N–H and O–H groups in total. The molecule has 0 radical (unpaired) electrons. The fourth-order valence-electron chi connectivity index (χ4n) is 2.07. The topological polar surface area (TPSA) is 63.2 Å². The number of hydrogen-bond acceptors (Lipinski definition) is 4. The van der Waals surface area contributed by atoms with Crippen LogP contribution in [0.1, 0.15) is 29.2 Å². The maximum atomic E-state index is 12.0. The Bertz CT molecular complexity index is 636. The van der Waals surface area contributed by atoms with E-state index in [4.69, 9.17) is 0 Å². The molecule has 0 aromatic carbocycles. The molecule has 1 fully saturated rings. The summed E-state index contributed by atoms with van der Waals surface area (Å²) < 4.78 is 60.7. The molecule has 2 atom stereocenters. The molecule has 1 amide bonds. The highest BCUT2D eigenvalue weighted by Crippen LogP contribution is 2.50. The first-order valence-electron chi connectivity index (χ1n) is 6.24. The number of alkyl halides is 3. The lowest BCUT2D eigenvalue weighted by atomic mass is 10.2. The zero-order valence-electron chi connectivity index (χ0n) is 11.1. The summed E-state index contributed by atoms with van der Waals surface area (Å²) in [5.41, 5.74) is 1.04. The first-order valence-corrected chi connectivity index (χ1v) is 8.77. The third-order valence-corrected chi connectivity index (χ3v) is 5.68. The Morgan fingerprint density at radius 3 is 2.67 bits per heavy atom. The Labute approximate surface area is 124 Å². The van der Waals surface area contributed by atoms with Gasteiger partial charge in [-0.2, -0.15) is 13.2 Å². The molecule has 1 heterocycles. The molecular formula is C12H14F3NO3S2. The smallest absolute Gasteiger partial charge is 0.274 e. The summed E-state index contributed by atoms with van der Waals surface area (Å²) in [4.78, 5) is 12.8. The van der Waals surface area contributed by atoms with Crippen LogP contribution in [-0.4, -0.2) is 26.3 Å². The molecule has 0 spiro atoms. The second-order valence-electron chi connectivity index (χ2n) is 5.07. The molecule has 0 unspecified atom stereocenters. The highest BCUT2D eigenvalue weighted by molar-refractivity contribution is 7.90. The predicted molar refractivity (Wildman–Crippen MR) is 72.5 cm³/mol. The SMILES string of the molecule is Cc1ccsc1[C@H]1C[C@H]1C(=O)NS(=O)(=O)CCC(F)(F)F. The highest BCUT2D eigenvalue weighted by Gasteiger charge is 2.46. The number of hydrogen-bond donors (Lipinski definition) is 1. The number of halogens is 3. The average Bonchev–Trinajstić information content (AvgIpc) is 3.02. The average molecular weight is 341 g/mol. The Morgan fingerprint density at radius 2 is 2.14 bits per heavy atom. The molecule has 0 bridgehead atoms. The largest absolute Gasteiger partial charge is 0.390 e. The molecule has 118 valence electrons. The second kappa shape index (κ2) is 5.60. The van der Waals surface area contributed by atoms with Crippen molar-refractivity contribution < 1.29 is 26.4 Å². The Morgan fingerprint density at radius 1 is 1.48 bits per heavy atom. The molecule has 0 aliphatic heterocycles. The molecule has 1 aromatic heterocycles. The van der Waals surface area contributed by atoms with Crippen molar-refractivity contribution in [3.8, 4) is 0 Å². The van der Waals surface area contributed by atoms with Gasteiger partial charge in [0.05, 0.1) is 12.2 Å². The number of nitrogens with one attached hydrogen (secondary N) is 1. The van der Waals surface area contributed by atoms with Crippen LogP contribution in [0, 0.1) is 12.8 Å². The third-order valence-electron chi connectivity index (χ3n) is 3.28. The van der Waals surface area contributed by atoms with Crippen molar-refractivity contribution in [1.82, 2.24) is 4.72 Å². The maximum Gasteiger partial charge on any atom is 0.390 e. The van der Waals surface area contributed by atoms with Crippen molar-refractivity contribution in [2.45, 2.75) is 31.9 Å². The van der Waals surface area contributed by atoms with Gasteiger partial charge < -0.3 is 0 Å². The van der Waals surface area contributed by atoms with E-state index in [1.54, 1.807) is 4.72 Å². The van der Waals surface area contributed by atoms with Crippen molar-refractivity contribution >= 4 is 27.3 Å². The van der Waals surface area contributed by atoms with Gasteiger partial charge in [0.15, 0.2) is 0 Å². The zero-order valence-corrected chi connectivity index (χ0v) is 12.7. The van der Waals surface area contributed by atoms with Gasteiger partial charge in [-0.3, -0.25) is 9.52 Å². The van der Waals surface area contributed by atoms with Crippen LogP contribution >= 0.6 is 11.3 Å². The van der Waals surface area contributed by atoms with Crippen LogP contribution in [0.3, 0.4) is 0 Å². The summed E-state index contributed by atoms with van der Waals surface area (Å²) in [5.74, 6) is -2.33. The van der Waals surface area contributed by atoms with E-state index in [0.29, 0.717) is 6.42 Å². The fraction of sp³-hybridized carbons (Fsp3) is 0.583. The number of carbonyl (C=O) groups is 1. The van der Waals surface area contributed by atoms with Crippen molar-refractivity contribution in [1.29, 1.82) is 0 Å². The molecule has 9 heteroatoms. The monoisotopic (exact) mass is 341 g/mol. The van der Waals surface area contributed by atoms with Crippen molar-refractivity contribution in [2.24, 2.45) is 5.92 Å². The minimum absolute atomic E-state index is 0.0252. The third kappa shape index (κ3) is 4.44. The molecule has 4 nitrogen and oxygen atoms in total. The lowest BCUT2D eigenvalue weighted by molar-refractivity contribution is -0.130. The predicted octanol–water partition coefficient (Wildman–Crippen LogP) is 2.56. The quantitative estimate of drug-likeness (QED) is 0.895. The van der Waals surface area contributed by atoms with Gasteiger partial charge in [-0.25, -0.2) is 8.42 Å². The fourth-order valence-corrected chi connectivity index (χ4v) is 4.24. The van der Waals surface area contributed by atoms with E-state index in [2.05, 4.69) is 0 Å². The summed E-state index contributed by atoms with van der Waals surface area (Å²) in [5, 5.41) is 1.89. The zero-order chi connectivity index (χ0) is 15.8. The first kappa shape index (κ1) is 16.3. The minimum Gasteiger partial charge on any atom is -0.274 e. The molecule has 21 heavy (non-hydrogen) atoms. The van der Waals surface area contributed by atoms with E-state index in [1.807, 2.05) is 18.4 Å². The second-order valence-corrected chi connectivity index (χ2v) is 7.86. The van der Waals surface area contributed by atoms with Gasteiger partial charge in [-0.15, -0.1) is 11.3 Å². The molecule has 1 aliphatic carbocycles. The number of rotatable bonds is 5. The van der Waals surface area contributed by atoms with E-state index in [-0.39, 0.29) is 5.92 Å². The standard InChI is InChI=1S/C12H14F3NO3S2/c1-7-2-4-20-10(7)8-6-9(8)11(17)16-21(18,19)5-3-12(13,14)15/h2,4,8-9H,3,5-6H2,1H3,(H,16,17)/t8-,9+/m0/s1. The minimum atomic E-state index is -4.56. The van der Waals surface area contributed by atoms with E-state index in [9.17, 15) is 26.4 Å². The lowest BCUT2D eigenvalue weighted by Crippen LogP contribution is -2.35. The summed E-state index contributed by atoms with van der Waals surface area (Å²) in [7, 11) is -4.24. The number of thiophene rings is 1. The number of aryl methyl sites for hydroxylation is 1. The van der Waals surface area contributed by atoms with E-state index in [0.717, 1.165) is 10.4 Å². The molecule has 2 rings (SSSR count). The van der Waals surface area contributed by atoms with Crippen LogP contribution in [0.5, 0.6) is 0 Å². The van der Waals surface area contributed by atoms with Crippen LogP contribution < -0.4 is 4.72 Å². The van der Waals surface area contributed by atoms with Gasteiger partial charge in [0.2, 0.25) is 15.9 Å². The summed E-state index contributed by atoms with van der Waals surface area (Å²) >= 11 is 1.49. The van der Waals surface area contributed by atoms with E-state index in [1.165, 1.54) is 11.3 Å². The summed E-state index contributed by atoms with van der Waals surface area (Å²) in [6.45, 7) is 1.90. The molecule has 1 saturated carbocycles. The van der Waals surface area contributed by atoms with Crippen LogP contribution in [-0.2, 0) is 14.8 Å². The van der Waals surface area contributed by atoms with Crippen LogP contribution in [0.4, 0.5) is 13.2 Å². The molecule has 1 aliphatic rings. The van der Waals surface area contributed by atoms with Gasteiger partial charge in [-0.1, -0.05) is 0 Å². The van der Waals surface area contributed by atoms with E-state index >= 15 is 0 Å². The lowest BCUT2D eigenvalue weighted by Gasteiger charge is -2.08. The highest BCUT2D eigenvalue weighted by atomic mass is 32.2. The normalized spacial score (nSPS) is 22.1. The van der Waals surface area contributed by atoms with Crippen LogP contribution in [0.25, 0.3) is 0 Å². The van der Waals surface area contributed by atoms with Gasteiger partial charge >= 0.3 is 6.18 Å². The Kier molecular flexibility index (Phi) is 4.34. The van der Waals surface area contributed by atoms with Crippen molar-refractivity contribution in [2.75, 3.05) is 5.75 Å². The van der Waals surface area contributed by atoms with E-state index < -0.39 is 40.2 Å². The number of carbonyl (C=O) groups excluding carboxylic acids is 1. The first-order chi connectivity index (χ1) is 9.59. The van der Waals surface area contributed by atoms with Crippen molar-refractivity contribution in [3.63, 3.8) is 0 Å². The Balaban J connectivity index is 1.90. The van der Waals surface area contributed by atoms with Crippen LogP contribution in [0.15, 0.2) is 11.4 Å². The summed E-state index contributed by atoms with van der Waals surface area (Å²) in [6.07, 6.45) is -5.50. The van der Waals surface area contributed by atoms with Gasteiger partial charge in [0.1, 0.15) is 0 Å². The molecule has 1 aromatic rings. The molecular weight excluding hydrogens is 327 g/mol. The van der Waals surface area contributed by atoms with Crippen LogP contribution in [0.2, 0.25) is 0 Å². The number of sulfonamides is 1. The molecule has 0 saturated heterocycles. The van der Waals surface area contributed by atoms with Gasteiger partial charge in [0.25, 0.3) is 0 Å². The van der Waals surface area contributed by atoms with Crippen molar-refractivity contribution in [3.05, 3.63) is 21.9 Å². The maximum absolute atomic E-state index is 12.0. The summed E-state index contributed by atoms with van der Waals surface area (Å²) in [6, 6.07) is 1.91. The van der Waals surface area contributed by atoms with Gasteiger partial charge in [0, 0.05) is 16.7 Å². The Hall–Kier alpha value is -1.09. The van der Waals surface area contributed by atoms with Gasteiger partial charge in [-0.05, 0) is 30.4 Å².